The number of ether oxygens (including phenoxy) is 3. The van der Waals surface area contributed by atoms with Gasteiger partial charge in [-0.3, -0.25) is 0 Å². The fraction of sp³-hybridized carbons (Fsp3) is 0.692. The van der Waals surface area contributed by atoms with Gasteiger partial charge in [0.05, 0.1) is 25.2 Å². The third-order valence-corrected chi connectivity index (χ3v) is 7.35. The van der Waals surface area contributed by atoms with E-state index in [0.717, 1.165) is 4.90 Å². The molecule has 1 aromatic carbocycles. The highest BCUT2D eigenvalue weighted by Gasteiger charge is 2.49. The number of alkyl carbamates (subject to hydrolysis) is 1. The van der Waals surface area contributed by atoms with Gasteiger partial charge in [-0.05, 0) is 45.6 Å². The van der Waals surface area contributed by atoms with Crippen molar-refractivity contribution in [3.63, 3.8) is 0 Å². The smallest absolute Gasteiger partial charge is 0.410 e. The molecule has 3 unspecified atom stereocenters. The zero-order chi connectivity index (χ0) is 30.3. The van der Waals surface area contributed by atoms with Crippen LogP contribution in [0.2, 0.25) is 0 Å². The Labute approximate surface area is 233 Å². The maximum absolute atomic E-state index is 15.9. The van der Waals surface area contributed by atoms with E-state index in [-0.39, 0.29) is 36.4 Å². The van der Waals surface area contributed by atoms with E-state index in [9.17, 15) is 31.5 Å². The summed E-state index contributed by atoms with van der Waals surface area (Å²) >= 11 is 0. The topological polar surface area (TPSA) is 101 Å². The predicted molar refractivity (Wildman–Crippen MR) is 134 cm³/mol. The molecule has 0 radical (unpaired) electrons. The molecule has 2 aliphatic heterocycles. The van der Waals surface area contributed by atoms with Crippen molar-refractivity contribution in [1.29, 1.82) is 0 Å². The second-order valence-electron chi connectivity index (χ2n) is 11.6. The molecular weight excluding hydrogens is 562 g/mol. The van der Waals surface area contributed by atoms with Crippen molar-refractivity contribution in [2.24, 2.45) is 5.92 Å². The molecule has 4 atom stereocenters. The zero-order valence-electron chi connectivity index (χ0n) is 23.0. The number of amides is 3. The molecule has 0 aromatic heterocycles. The number of hydrogen-bond acceptors (Lipinski definition) is 6. The molecule has 41 heavy (non-hydrogen) atoms. The molecule has 3 amide bonds. The number of anilines is 1. The van der Waals surface area contributed by atoms with Crippen LogP contribution in [0.4, 0.5) is 41.6 Å². The average Bonchev–Trinajstić information content (AvgIpc) is 3.45. The van der Waals surface area contributed by atoms with Crippen LogP contribution >= 0.6 is 0 Å². The molecule has 1 saturated heterocycles. The van der Waals surface area contributed by atoms with E-state index in [1.54, 1.807) is 20.8 Å². The van der Waals surface area contributed by atoms with Crippen molar-refractivity contribution in [3.05, 3.63) is 23.5 Å². The minimum absolute atomic E-state index is 0.0450. The molecule has 15 heteroatoms. The van der Waals surface area contributed by atoms with E-state index in [4.69, 9.17) is 14.2 Å². The number of hydrogen-bond donors (Lipinski definition) is 3. The molecule has 3 aliphatic rings. The quantitative estimate of drug-likeness (QED) is 0.369. The van der Waals surface area contributed by atoms with Gasteiger partial charge < -0.3 is 35.1 Å². The Morgan fingerprint density at radius 2 is 1.85 bits per heavy atom. The van der Waals surface area contributed by atoms with Crippen LogP contribution in [0.1, 0.15) is 58.1 Å². The van der Waals surface area contributed by atoms with Gasteiger partial charge in [-0.25, -0.2) is 22.8 Å². The first-order valence-corrected chi connectivity index (χ1v) is 13.2. The first-order chi connectivity index (χ1) is 19.0. The molecule has 0 bridgehead atoms. The van der Waals surface area contributed by atoms with Gasteiger partial charge in [0.2, 0.25) is 5.92 Å². The molecule has 1 aliphatic carbocycles. The summed E-state index contributed by atoms with van der Waals surface area (Å²) in [6.07, 6.45) is -7.21. The lowest BCUT2D eigenvalue weighted by molar-refractivity contribution is -0.150. The predicted octanol–water partition coefficient (Wildman–Crippen LogP) is 5.32. The van der Waals surface area contributed by atoms with Crippen LogP contribution in [0.5, 0.6) is 5.75 Å². The minimum atomic E-state index is -4.69. The molecule has 3 N–H and O–H groups in total. The molecule has 2 heterocycles. The van der Waals surface area contributed by atoms with Gasteiger partial charge in [0.15, 0.2) is 12.0 Å². The zero-order valence-corrected chi connectivity index (χ0v) is 23.0. The van der Waals surface area contributed by atoms with Crippen molar-refractivity contribution in [3.8, 4) is 5.75 Å². The van der Waals surface area contributed by atoms with Crippen molar-refractivity contribution in [2.75, 3.05) is 25.6 Å². The van der Waals surface area contributed by atoms with E-state index in [0.29, 0.717) is 0 Å². The minimum Gasteiger partial charge on any atom is -0.466 e. The number of urea groups is 1. The molecule has 4 rings (SSSR count). The van der Waals surface area contributed by atoms with Crippen molar-refractivity contribution in [2.45, 2.75) is 88.5 Å². The van der Waals surface area contributed by atoms with Gasteiger partial charge in [0.25, 0.3) is 0 Å². The maximum atomic E-state index is 15.9. The number of nitrogens with one attached hydrogen (secondary N) is 3. The lowest BCUT2D eigenvalue weighted by Crippen LogP contribution is -2.54. The Balaban J connectivity index is 1.58. The van der Waals surface area contributed by atoms with Crippen molar-refractivity contribution in [1.82, 2.24) is 15.5 Å². The number of carbonyl (C=O) groups is 2. The standard InChI is InChI=1S/C26H34F6N4O5/c1-24(2,3)41-23(38)35-19(13-7-9-25(28,29)10-8-13)21-34-20-16(40-21)6-5-14(18(20)27)15(12-39-4)36-11-17(26(30,31)32)33-22(36)37/h5-6,13,15,17,19,21,34H,7-12H2,1-4H3,(H,33,37)(H,35,38)/t15?,17-,19?,21?/m0/s1. The summed E-state index contributed by atoms with van der Waals surface area (Å²) in [7, 11) is 1.27. The van der Waals surface area contributed by atoms with Gasteiger partial charge >= 0.3 is 18.3 Å². The average molecular weight is 597 g/mol. The van der Waals surface area contributed by atoms with Gasteiger partial charge in [0.1, 0.15) is 23.1 Å². The van der Waals surface area contributed by atoms with Crippen molar-refractivity contribution >= 4 is 17.8 Å². The van der Waals surface area contributed by atoms with Gasteiger partial charge in [-0.2, -0.15) is 13.2 Å². The third-order valence-electron chi connectivity index (χ3n) is 7.35. The number of nitrogens with zero attached hydrogens (tertiary/aromatic N) is 1. The van der Waals surface area contributed by atoms with E-state index in [1.165, 1.54) is 19.2 Å². The fourth-order valence-electron chi connectivity index (χ4n) is 5.36. The summed E-state index contributed by atoms with van der Waals surface area (Å²) in [5.41, 5.74) is -1.10. The van der Waals surface area contributed by atoms with Crippen LogP contribution in [0, 0.1) is 11.7 Å². The first kappa shape index (κ1) is 30.8. The molecular formula is C26H34F6N4O5. The Bertz CT molecular complexity index is 1130. The summed E-state index contributed by atoms with van der Waals surface area (Å²) in [6.45, 7) is 3.94. The highest BCUT2D eigenvalue weighted by Crippen LogP contribution is 2.43. The van der Waals surface area contributed by atoms with Gasteiger partial charge in [0, 0.05) is 25.5 Å². The summed E-state index contributed by atoms with van der Waals surface area (Å²) in [5.74, 6) is -4.13. The lowest BCUT2D eigenvalue weighted by atomic mass is 9.81. The second-order valence-corrected chi connectivity index (χ2v) is 11.6. The second kappa shape index (κ2) is 11.3. The summed E-state index contributed by atoms with van der Waals surface area (Å²) in [5, 5.41) is 7.42. The summed E-state index contributed by atoms with van der Waals surface area (Å²) < 4.78 is 99.8. The van der Waals surface area contributed by atoms with Gasteiger partial charge in [-0.1, -0.05) is 6.07 Å². The van der Waals surface area contributed by atoms with E-state index >= 15 is 4.39 Å². The largest absolute Gasteiger partial charge is 0.466 e. The SMILES string of the molecule is COCC(c1ccc2c(c1F)NC(C(NC(=O)OC(C)(C)C)C1CCC(F)(F)CC1)O2)N1C[C@@H](C(F)(F)F)NC1=O. The highest BCUT2D eigenvalue weighted by molar-refractivity contribution is 5.78. The van der Waals surface area contributed by atoms with Crippen LogP contribution in [0.25, 0.3) is 0 Å². The third kappa shape index (κ3) is 7.04. The van der Waals surface area contributed by atoms with Crippen LogP contribution in [-0.2, 0) is 9.47 Å². The molecule has 2 fully saturated rings. The van der Waals surface area contributed by atoms with Crippen LogP contribution < -0.4 is 20.7 Å². The first-order valence-electron chi connectivity index (χ1n) is 13.2. The molecule has 230 valence electrons. The number of benzene rings is 1. The molecule has 0 spiro atoms. The Kier molecular flexibility index (Phi) is 8.50. The maximum Gasteiger partial charge on any atom is 0.410 e. The summed E-state index contributed by atoms with van der Waals surface area (Å²) in [4.78, 5) is 25.9. The number of methoxy groups -OCH3 is 1. The van der Waals surface area contributed by atoms with E-state index < -0.39 is 85.3 Å². The van der Waals surface area contributed by atoms with Crippen molar-refractivity contribution < 1.29 is 50.1 Å². The number of carbonyl (C=O) groups excluding carboxylic acids is 2. The monoisotopic (exact) mass is 596 g/mol. The normalized spacial score (nSPS) is 24.1. The molecule has 9 nitrogen and oxygen atoms in total. The highest BCUT2D eigenvalue weighted by atomic mass is 19.4. The number of fused-ring (bicyclic) bond motifs is 1. The van der Waals surface area contributed by atoms with E-state index in [2.05, 4.69) is 10.6 Å². The van der Waals surface area contributed by atoms with Gasteiger partial charge in [-0.15, -0.1) is 0 Å². The Morgan fingerprint density at radius 1 is 1.20 bits per heavy atom. The molecule has 1 aromatic rings. The lowest BCUT2D eigenvalue weighted by Gasteiger charge is -2.36. The van der Waals surface area contributed by atoms with Crippen LogP contribution in [0.3, 0.4) is 0 Å². The molecule has 1 saturated carbocycles. The van der Waals surface area contributed by atoms with E-state index in [1.807, 2.05) is 5.32 Å². The number of rotatable bonds is 7. The Hall–Kier alpha value is -3.10. The Morgan fingerprint density at radius 3 is 2.41 bits per heavy atom. The fourth-order valence-corrected chi connectivity index (χ4v) is 5.36. The summed E-state index contributed by atoms with van der Waals surface area (Å²) in [6, 6.07) is -2.56. The number of alkyl halides is 5. The number of halogens is 6. The van der Waals surface area contributed by atoms with Crippen LogP contribution in [0.15, 0.2) is 12.1 Å². The van der Waals surface area contributed by atoms with Crippen LogP contribution in [-0.4, -0.2) is 73.3 Å².